The van der Waals surface area contributed by atoms with Gasteiger partial charge in [-0.1, -0.05) is 11.6 Å². The monoisotopic (exact) mass is 383 g/mol. The van der Waals surface area contributed by atoms with Gasteiger partial charge in [0.15, 0.2) is 5.82 Å². The fraction of sp³-hybridized carbons (Fsp3) is 0.105. The highest BCUT2D eigenvalue weighted by Crippen LogP contribution is 2.24. The minimum Gasteiger partial charge on any atom is -0.345 e. The largest absolute Gasteiger partial charge is 0.345 e. The third-order valence-electron chi connectivity index (χ3n) is 4.17. The summed E-state index contributed by atoms with van der Waals surface area (Å²) in [5.74, 6) is -0.00302. The number of rotatable bonds is 5. The lowest BCUT2D eigenvalue weighted by Crippen LogP contribution is -2.10. The number of carbonyl (C=O) groups excluding carboxylic acids is 1. The fourth-order valence-corrected chi connectivity index (χ4v) is 3.04. The number of carbonyl (C=O) groups is 1. The molecule has 27 heavy (non-hydrogen) atoms. The predicted molar refractivity (Wildman–Crippen MR) is 102 cm³/mol. The van der Waals surface area contributed by atoms with E-state index in [2.05, 4.69) is 20.4 Å². The Morgan fingerprint density at radius 1 is 1.30 bits per heavy atom. The van der Waals surface area contributed by atoms with Gasteiger partial charge in [-0.2, -0.15) is 5.10 Å². The molecule has 0 aliphatic heterocycles. The number of hydrogen-bond acceptors (Lipinski definition) is 4. The van der Waals surface area contributed by atoms with Crippen LogP contribution in [0.5, 0.6) is 0 Å². The van der Waals surface area contributed by atoms with Crippen molar-refractivity contribution in [3.8, 4) is 0 Å². The molecule has 0 amide bonds. The third kappa shape index (κ3) is 3.29. The zero-order valence-electron chi connectivity index (χ0n) is 14.3. The molecule has 0 spiro atoms. The molecule has 0 saturated carbocycles. The van der Waals surface area contributed by atoms with Gasteiger partial charge in [-0.3, -0.25) is 9.48 Å². The van der Waals surface area contributed by atoms with Crippen molar-refractivity contribution in [2.75, 3.05) is 5.32 Å². The summed E-state index contributed by atoms with van der Waals surface area (Å²) in [6.45, 7) is 2.42. The first kappa shape index (κ1) is 17.2. The van der Waals surface area contributed by atoms with Crippen molar-refractivity contribution in [1.29, 1.82) is 0 Å². The zero-order valence-corrected chi connectivity index (χ0v) is 15.1. The molecule has 8 heteroatoms. The molecule has 3 heterocycles. The van der Waals surface area contributed by atoms with Crippen molar-refractivity contribution in [2.45, 2.75) is 13.5 Å². The maximum atomic E-state index is 13.1. The van der Waals surface area contributed by atoms with Gasteiger partial charge in [0.2, 0.25) is 5.78 Å². The second-order valence-corrected chi connectivity index (χ2v) is 6.38. The van der Waals surface area contributed by atoms with Crippen molar-refractivity contribution in [3.05, 3.63) is 70.9 Å². The topological polar surface area (TPSA) is 75.6 Å². The van der Waals surface area contributed by atoms with E-state index in [4.69, 9.17) is 11.6 Å². The van der Waals surface area contributed by atoms with E-state index in [0.29, 0.717) is 45.4 Å². The Morgan fingerprint density at radius 3 is 2.81 bits per heavy atom. The molecule has 0 saturated heterocycles. The summed E-state index contributed by atoms with van der Waals surface area (Å²) in [5.41, 5.74) is 2.18. The molecule has 0 radical (unpaired) electrons. The number of aryl methyl sites for hydroxylation is 1. The number of benzene rings is 1. The summed E-state index contributed by atoms with van der Waals surface area (Å²) >= 11 is 6.02. The molecule has 2 N–H and O–H groups in total. The molecule has 0 bridgehead atoms. The minimum absolute atomic E-state index is 0.188. The van der Waals surface area contributed by atoms with Crippen LogP contribution in [0.25, 0.3) is 11.0 Å². The number of halogens is 2. The van der Waals surface area contributed by atoms with Crippen LogP contribution in [0, 0.1) is 5.82 Å². The Bertz CT molecular complexity index is 1130. The number of hydrogen-bond donors (Lipinski definition) is 2. The van der Waals surface area contributed by atoms with Crippen molar-refractivity contribution in [3.63, 3.8) is 0 Å². The van der Waals surface area contributed by atoms with Crippen LogP contribution in [0.2, 0.25) is 5.02 Å². The number of anilines is 2. The van der Waals surface area contributed by atoms with Gasteiger partial charge in [0.05, 0.1) is 10.6 Å². The van der Waals surface area contributed by atoms with Gasteiger partial charge >= 0.3 is 0 Å². The Labute approximate surface area is 159 Å². The molecule has 0 fully saturated rings. The van der Waals surface area contributed by atoms with Crippen LogP contribution in [-0.2, 0) is 6.54 Å². The van der Waals surface area contributed by atoms with Crippen molar-refractivity contribution in [1.82, 2.24) is 19.7 Å². The number of H-pyrrole nitrogens is 1. The molecule has 4 rings (SSSR count). The van der Waals surface area contributed by atoms with Crippen LogP contribution in [0.1, 0.15) is 23.0 Å². The van der Waals surface area contributed by atoms with Crippen molar-refractivity contribution >= 4 is 39.9 Å². The minimum atomic E-state index is -0.317. The molecular formula is C19H15ClFN5O. The fourth-order valence-electron chi connectivity index (χ4n) is 2.89. The average molecular weight is 384 g/mol. The molecule has 0 aliphatic rings. The molecule has 0 unspecified atom stereocenters. The third-order valence-corrected chi connectivity index (χ3v) is 4.38. The van der Waals surface area contributed by atoms with E-state index in [1.54, 1.807) is 35.1 Å². The highest BCUT2D eigenvalue weighted by atomic mass is 35.5. The summed E-state index contributed by atoms with van der Waals surface area (Å²) in [6.07, 6.45) is 3.14. The highest BCUT2D eigenvalue weighted by molar-refractivity contribution is 6.31. The quantitative estimate of drug-likeness (QED) is 0.496. The van der Waals surface area contributed by atoms with Crippen LogP contribution in [0.15, 0.2) is 48.8 Å². The van der Waals surface area contributed by atoms with Gasteiger partial charge in [0.1, 0.15) is 17.2 Å². The number of aromatic nitrogens is 4. The van der Waals surface area contributed by atoms with Gasteiger partial charge < -0.3 is 10.3 Å². The lowest BCUT2D eigenvalue weighted by atomic mass is 10.1. The molecule has 3 aromatic heterocycles. The molecule has 136 valence electrons. The van der Waals surface area contributed by atoms with Gasteiger partial charge in [-0.15, -0.1) is 0 Å². The van der Waals surface area contributed by atoms with Crippen molar-refractivity contribution < 1.29 is 9.18 Å². The maximum Gasteiger partial charge on any atom is 0.213 e. The Balaban J connectivity index is 1.70. The van der Waals surface area contributed by atoms with E-state index < -0.39 is 0 Å². The maximum absolute atomic E-state index is 13.1. The van der Waals surface area contributed by atoms with Gasteiger partial charge in [-0.25, -0.2) is 9.37 Å². The van der Waals surface area contributed by atoms with Crippen LogP contribution < -0.4 is 5.32 Å². The standard InChI is InChI=1S/C19H15ClFN5O/c1-2-26-16(8-17(25-26)24-13-5-3-12(21)4-6-13)18(27)15-10-23-19-14(15)7-11(20)9-22-19/h3-10H,2H2,1H3,(H,22,23)(H,24,25). The van der Waals surface area contributed by atoms with Gasteiger partial charge in [-0.05, 0) is 37.3 Å². The van der Waals surface area contributed by atoms with E-state index in [-0.39, 0.29) is 11.6 Å². The lowest BCUT2D eigenvalue weighted by Gasteiger charge is -2.03. The predicted octanol–water partition coefficient (Wildman–Crippen LogP) is 4.55. The van der Waals surface area contributed by atoms with Gasteiger partial charge in [0, 0.05) is 36.1 Å². The molecular weight excluding hydrogens is 369 g/mol. The average Bonchev–Trinajstić information content (AvgIpc) is 3.26. The van der Waals surface area contributed by atoms with Crippen molar-refractivity contribution in [2.24, 2.45) is 0 Å². The van der Waals surface area contributed by atoms with Crippen LogP contribution in [0.3, 0.4) is 0 Å². The van der Waals surface area contributed by atoms with E-state index in [1.807, 2.05) is 6.92 Å². The number of aromatic amines is 1. The Kier molecular flexibility index (Phi) is 4.37. The summed E-state index contributed by atoms with van der Waals surface area (Å²) in [7, 11) is 0. The molecule has 1 aromatic carbocycles. The molecule has 0 atom stereocenters. The SMILES string of the molecule is CCn1nc(Nc2ccc(F)cc2)cc1C(=O)c1c[nH]c2ncc(Cl)cc12. The number of nitrogens with zero attached hydrogens (tertiary/aromatic N) is 3. The summed E-state index contributed by atoms with van der Waals surface area (Å²) < 4.78 is 14.7. The molecule has 4 aromatic rings. The number of fused-ring (bicyclic) bond motifs is 1. The van der Waals surface area contributed by atoms with E-state index >= 15 is 0 Å². The molecule has 6 nitrogen and oxygen atoms in total. The first-order valence-corrected chi connectivity index (χ1v) is 8.70. The van der Waals surface area contributed by atoms with E-state index in [9.17, 15) is 9.18 Å². The second kappa shape index (κ2) is 6.85. The van der Waals surface area contributed by atoms with Crippen LogP contribution in [-0.4, -0.2) is 25.5 Å². The summed E-state index contributed by atoms with van der Waals surface area (Å²) in [6, 6.07) is 9.30. The normalized spacial score (nSPS) is 11.1. The Hall–Kier alpha value is -3.19. The van der Waals surface area contributed by atoms with E-state index in [0.717, 1.165) is 0 Å². The first-order valence-electron chi connectivity index (χ1n) is 8.33. The van der Waals surface area contributed by atoms with Crippen LogP contribution in [0.4, 0.5) is 15.9 Å². The number of pyridine rings is 1. The molecule has 0 aliphatic carbocycles. The number of ketones is 1. The number of nitrogens with one attached hydrogen (secondary N) is 2. The van der Waals surface area contributed by atoms with E-state index in [1.165, 1.54) is 18.3 Å². The second-order valence-electron chi connectivity index (χ2n) is 5.94. The van der Waals surface area contributed by atoms with Gasteiger partial charge in [0.25, 0.3) is 0 Å². The van der Waals surface area contributed by atoms with Crippen LogP contribution >= 0.6 is 11.6 Å². The Morgan fingerprint density at radius 2 is 2.07 bits per heavy atom. The summed E-state index contributed by atoms with van der Waals surface area (Å²) in [5, 5.41) is 8.61. The summed E-state index contributed by atoms with van der Waals surface area (Å²) in [4.78, 5) is 20.3. The zero-order chi connectivity index (χ0) is 19.0. The smallest absolute Gasteiger partial charge is 0.213 e. The lowest BCUT2D eigenvalue weighted by molar-refractivity contribution is 0.103. The highest BCUT2D eigenvalue weighted by Gasteiger charge is 2.20. The first-order chi connectivity index (χ1) is 13.0.